The molecule has 1 heterocycles. The molecule has 168 valence electrons. The molecule has 0 N–H and O–H groups in total. The van der Waals surface area contributed by atoms with E-state index in [0.29, 0.717) is 17.6 Å². The van der Waals surface area contributed by atoms with Crippen LogP contribution in [-0.2, 0) is 9.53 Å². The van der Waals surface area contributed by atoms with Crippen molar-refractivity contribution in [3.8, 4) is 0 Å². The van der Waals surface area contributed by atoms with E-state index in [1.165, 1.54) is 0 Å². The van der Waals surface area contributed by atoms with Gasteiger partial charge in [0.05, 0.1) is 6.04 Å². The van der Waals surface area contributed by atoms with Gasteiger partial charge in [-0.1, -0.05) is 91.0 Å². The molecule has 1 unspecified atom stereocenters. The number of Topliss-reactive ketones (excluding diaryl/α,β-unsaturated/α-hetero) is 1. The molecule has 3 aromatic carbocycles. The Morgan fingerprint density at radius 1 is 0.818 bits per heavy atom. The summed E-state index contributed by atoms with van der Waals surface area (Å²) in [4.78, 5) is 28.6. The zero-order valence-electron chi connectivity index (χ0n) is 19.3. The fourth-order valence-electron chi connectivity index (χ4n) is 4.20. The molecule has 0 bridgehead atoms. The molecule has 0 fully saturated rings. The SMILES string of the molecule is CC(C)(C)OC(=O)C1CC(C(=O)c2ccccc2)=CN1C(c1ccccc1)c1ccccc1. The van der Waals surface area contributed by atoms with E-state index in [2.05, 4.69) is 24.3 Å². The minimum Gasteiger partial charge on any atom is -0.458 e. The largest absolute Gasteiger partial charge is 0.458 e. The summed E-state index contributed by atoms with van der Waals surface area (Å²) in [6.07, 6.45) is 2.16. The van der Waals surface area contributed by atoms with Crippen molar-refractivity contribution in [3.63, 3.8) is 0 Å². The lowest BCUT2D eigenvalue weighted by molar-refractivity contribution is -0.160. The number of benzene rings is 3. The summed E-state index contributed by atoms with van der Waals surface area (Å²) in [6.45, 7) is 5.58. The maximum Gasteiger partial charge on any atom is 0.329 e. The number of hydrogen-bond acceptors (Lipinski definition) is 4. The topological polar surface area (TPSA) is 46.6 Å². The van der Waals surface area contributed by atoms with E-state index >= 15 is 0 Å². The molecule has 4 nitrogen and oxygen atoms in total. The van der Waals surface area contributed by atoms with E-state index in [9.17, 15) is 9.59 Å². The number of nitrogens with zero attached hydrogens (tertiary/aromatic N) is 1. The van der Waals surface area contributed by atoms with Gasteiger partial charge in [0.1, 0.15) is 11.6 Å². The van der Waals surface area contributed by atoms with Crippen molar-refractivity contribution in [3.05, 3.63) is 119 Å². The summed E-state index contributed by atoms with van der Waals surface area (Å²) in [7, 11) is 0. The first-order chi connectivity index (χ1) is 15.8. The van der Waals surface area contributed by atoms with Crippen LogP contribution in [0.3, 0.4) is 0 Å². The van der Waals surface area contributed by atoms with Gasteiger partial charge in [0.25, 0.3) is 0 Å². The number of carbonyl (C=O) groups excluding carboxylic acids is 2. The van der Waals surface area contributed by atoms with Crippen LogP contribution < -0.4 is 0 Å². The molecule has 0 radical (unpaired) electrons. The predicted octanol–water partition coefficient (Wildman–Crippen LogP) is 5.96. The second-order valence-corrected chi connectivity index (χ2v) is 9.27. The van der Waals surface area contributed by atoms with Crippen LogP contribution in [0.25, 0.3) is 0 Å². The van der Waals surface area contributed by atoms with Gasteiger partial charge >= 0.3 is 5.97 Å². The van der Waals surface area contributed by atoms with Crippen LogP contribution in [0, 0.1) is 0 Å². The van der Waals surface area contributed by atoms with Crippen molar-refractivity contribution in [2.24, 2.45) is 0 Å². The summed E-state index contributed by atoms with van der Waals surface area (Å²) in [6, 6.07) is 28.5. The highest BCUT2D eigenvalue weighted by Crippen LogP contribution is 2.38. The van der Waals surface area contributed by atoms with Crippen LogP contribution in [0.15, 0.2) is 103 Å². The summed E-state index contributed by atoms with van der Waals surface area (Å²) in [5.74, 6) is -0.391. The van der Waals surface area contributed by atoms with Gasteiger partial charge in [-0.3, -0.25) is 4.79 Å². The third kappa shape index (κ3) is 5.23. The minimum atomic E-state index is -0.621. The van der Waals surface area contributed by atoms with Gasteiger partial charge in [0.2, 0.25) is 0 Å². The highest BCUT2D eigenvalue weighted by atomic mass is 16.6. The van der Waals surface area contributed by atoms with Crippen LogP contribution in [0.2, 0.25) is 0 Å². The lowest BCUT2D eigenvalue weighted by Gasteiger charge is -2.34. The first-order valence-electron chi connectivity index (χ1n) is 11.2. The molecule has 0 aromatic heterocycles. The van der Waals surface area contributed by atoms with Crippen molar-refractivity contribution in [2.75, 3.05) is 0 Å². The Morgan fingerprint density at radius 3 is 1.79 bits per heavy atom. The minimum absolute atomic E-state index is 0.0634. The van der Waals surface area contributed by atoms with E-state index in [1.54, 1.807) is 12.1 Å². The van der Waals surface area contributed by atoms with E-state index in [4.69, 9.17) is 4.74 Å². The zero-order valence-corrected chi connectivity index (χ0v) is 19.3. The average molecular weight is 440 g/mol. The number of ether oxygens (including phenoxy) is 1. The highest BCUT2D eigenvalue weighted by molar-refractivity contribution is 6.09. The van der Waals surface area contributed by atoms with Crippen LogP contribution in [0.5, 0.6) is 0 Å². The van der Waals surface area contributed by atoms with E-state index in [1.807, 2.05) is 86.5 Å². The van der Waals surface area contributed by atoms with Crippen molar-refractivity contribution in [1.82, 2.24) is 4.90 Å². The Labute approximate surface area is 195 Å². The fraction of sp³-hybridized carbons (Fsp3) is 0.241. The van der Waals surface area contributed by atoms with E-state index in [0.717, 1.165) is 11.1 Å². The summed E-state index contributed by atoms with van der Waals surface area (Å²) in [5.41, 5.74) is 2.69. The first-order valence-corrected chi connectivity index (χ1v) is 11.2. The standard InChI is InChI=1S/C29H29NO3/c1-29(2,3)33-28(32)25-19-24(27(31)23-17-11-6-12-18-23)20-30(25)26(21-13-7-4-8-14-21)22-15-9-5-10-16-22/h4-18,20,25-26H,19H2,1-3H3. The predicted molar refractivity (Wildman–Crippen MR) is 130 cm³/mol. The van der Waals surface area contributed by atoms with Crippen LogP contribution >= 0.6 is 0 Å². The summed E-state index contributed by atoms with van der Waals surface area (Å²) >= 11 is 0. The Bertz CT molecular complexity index is 1090. The molecule has 4 rings (SSSR count). The quantitative estimate of drug-likeness (QED) is 0.351. The maximum absolute atomic E-state index is 13.3. The molecule has 1 aliphatic rings. The van der Waals surface area contributed by atoms with Crippen LogP contribution in [0.4, 0.5) is 0 Å². The van der Waals surface area contributed by atoms with Gasteiger partial charge in [-0.15, -0.1) is 0 Å². The number of carbonyl (C=O) groups is 2. The number of hydrogen-bond donors (Lipinski definition) is 0. The van der Waals surface area contributed by atoms with Crippen molar-refractivity contribution in [1.29, 1.82) is 0 Å². The van der Waals surface area contributed by atoms with Gasteiger partial charge in [0.15, 0.2) is 5.78 Å². The Balaban J connectivity index is 1.79. The Morgan fingerprint density at radius 2 is 1.30 bits per heavy atom. The molecule has 0 aliphatic carbocycles. The molecule has 33 heavy (non-hydrogen) atoms. The molecule has 0 spiro atoms. The third-order valence-electron chi connectivity index (χ3n) is 5.61. The molecule has 0 saturated heterocycles. The average Bonchev–Trinajstić information content (AvgIpc) is 3.25. The fourth-order valence-corrected chi connectivity index (χ4v) is 4.20. The van der Waals surface area contributed by atoms with Crippen molar-refractivity contribution >= 4 is 11.8 Å². The first kappa shape index (κ1) is 22.5. The lowest BCUT2D eigenvalue weighted by atomic mass is 9.96. The smallest absolute Gasteiger partial charge is 0.329 e. The molecule has 0 amide bonds. The van der Waals surface area contributed by atoms with E-state index in [-0.39, 0.29) is 17.8 Å². The van der Waals surface area contributed by atoms with Gasteiger partial charge < -0.3 is 9.64 Å². The molecular weight excluding hydrogens is 410 g/mol. The second kappa shape index (κ2) is 9.45. The monoisotopic (exact) mass is 439 g/mol. The molecule has 1 aliphatic heterocycles. The zero-order chi connectivity index (χ0) is 23.4. The Hall–Kier alpha value is -3.66. The summed E-state index contributed by atoms with van der Waals surface area (Å²) < 4.78 is 5.78. The van der Waals surface area contributed by atoms with Gasteiger partial charge in [-0.25, -0.2) is 4.79 Å². The van der Waals surface area contributed by atoms with Gasteiger partial charge in [0, 0.05) is 23.8 Å². The van der Waals surface area contributed by atoms with E-state index < -0.39 is 11.6 Å². The van der Waals surface area contributed by atoms with Gasteiger partial charge in [-0.05, 0) is 31.9 Å². The Kier molecular flexibility index (Phi) is 6.45. The van der Waals surface area contributed by atoms with Crippen molar-refractivity contribution < 1.29 is 14.3 Å². The van der Waals surface area contributed by atoms with Crippen LogP contribution in [-0.4, -0.2) is 28.3 Å². The maximum atomic E-state index is 13.3. The number of rotatable bonds is 6. The molecule has 3 aromatic rings. The second-order valence-electron chi connectivity index (χ2n) is 9.27. The third-order valence-corrected chi connectivity index (χ3v) is 5.61. The molecule has 1 atom stereocenters. The lowest BCUT2D eigenvalue weighted by Crippen LogP contribution is -2.41. The van der Waals surface area contributed by atoms with Gasteiger partial charge in [-0.2, -0.15) is 0 Å². The number of ketones is 1. The van der Waals surface area contributed by atoms with Crippen molar-refractivity contribution in [2.45, 2.75) is 44.9 Å². The molecular formula is C29H29NO3. The molecule has 0 saturated carbocycles. The number of esters is 1. The highest BCUT2D eigenvalue weighted by Gasteiger charge is 2.40. The normalized spacial score (nSPS) is 15.9. The molecule has 4 heteroatoms. The summed E-state index contributed by atoms with van der Waals surface area (Å²) in [5, 5.41) is 0. The van der Waals surface area contributed by atoms with Crippen LogP contribution in [0.1, 0.15) is 54.7 Å².